The molecule has 3 heterocycles. The molecule has 0 aliphatic carbocycles. The lowest BCUT2D eigenvalue weighted by Crippen LogP contribution is -2.32. The van der Waals surface area contributed by atoms with Gasteiger partial charge in [-0.25, -0.2) is 0 Å². The summed E-state index contributed by atoms with van der Waals surface area (Å²) in [5.74, 6) is -0.926. The zero-order valence-corrected chi connectivity index (χ0v) is 14.9. The summed E-state index contributed by atoms with van der Waals surface area (Å²) in [4.78, 5) is 27.9. The number of phenols is 1. The van der Waals surface area contributed by atoms with Gasteiger partial charge in [0.2, 0.25) is 0 Å². The first-order valence-corrected chi connectivity index (χ1v) is 9.02. The van der Waals surface area contributed by atoms with Crippen molar-refractivity contribution < 1.29 is 29.6 Å². The number of H-pyrrole nitrogens is 1. The molecule has 144 valence electrons. The first-order valence-electron chi connectivity index (χ1n) is 9.02. The van der Waals surface area contributed by atoms with Crippen LogP contribution in [0.5, 0.6) is 5.75 Å². The van der Waals surface area contributed by atoms with E-state index in [9.17, 15) is 24.9 Å². The minimum absolute atomic E-state index is 0.0452. The lowest BCUT2D eigenvalue weighted by molar-refractivity contribution is 0.0171. The average Bonchev–Trinajstić information content (AvgIpc) is 3.24. The van der Waals surface area contributed by atoms with Crippen molar-refractivity contribution in [1.29, 1.82) is 0 Å². The van der Waals surface area contributed by atoms with Gasteiger partial charge in [-0.3, -0.25) is 14.9 Å². The van der Waals surface area contributed by atoms with Crippen LogP contribution in [0.3, 0.4) is 0 Å². The van der Waals surface area contributed by atoms with Gasteiger partial charge in [0.1, 0.15) is 18.0 Å². The van der Waals surface area contributed by atoms with Crippen molar-refractivity contribution in [2.24, 2.45) is 0 Å². The Labute approximate surface area is 158 Å². The van der Waals surface area contributed by atoms with E-state index in [2.05, 4.69) is 10.3 Å². The second-order valence-electron chi connectivity index (χ2n) is 7.41. The lowest BCUT2D eigenvalue weighted by atomic mass is 9.94. The maximum atomic E-state index is 12.4. The molecule has 5 rings (SSSR count). The molecule has 0 saturated carbocycles. The van der Waals surface area contributed by atoms with Crippen molar-refractivity contribution in [2.75, 3.05) is 0 Å². The quantitative estimate of drug-likeness (QED) is 0.420. The van der Waals surface area contributed by atoms with Crippen LogP contribution in [-0.4, -0.2) is 56.5 Å². The number of benzene rings is 2. The fourth-order valence-corrected chi connectivity index (χ4v) is 4.26. The molecule has 0 unspecified atom stereocenters. The molecule has 8 heteroatoms. The van der Waals surface area contributed by atoms with Crippen LogP contribution in [0.15, 0.2) is 24.3 Å². The molecule has 2 aliphatic rings. The predicted molar refractivity (Wildman–Crippen MR) is 99.3 cm³/mol. The van der Waals surface area contributed by atoms with Crippen LogP contribution < -0.4 is 5.32 Å². The van der Waals surface area contributed by atoms with Crippen LogP contribution in [0.4, 0.5) is 0 Å². The van der Waals surface area contributed by atoms with Gasteiger partial charge in [0.15, 0.2) is 0 Å². The van der Waals surface area contributed by atoms with E-state index in [1.165, 1.54) is 6.07 Å². The van der Waals surface area contributed by atoms with Crippen molar-refractivity contribution in [3.63, 3.8) is 0 Å². The summed E-state index contributed by atoms with van der Waals surface area (Å²) >= 11 is 0. The summed E-state index contributed by atoms with van der Waals surface area (Å²) in [5.41, 5.74) is 2.53. The highest BCUT2D eigenvalue weighted by Gasteiger charge is 2.41. The Kier molecular flexibility index (Phi) is 3.54. The second kappa shape index (κ2) is 5.78. The van der Waals surface area contributed by atoms with Crippen molar-refractivity contribution >= 4 is 33.6 Å². The van der Waals surface area contributed by atoms with Gasteiger partial charge in [0.05, 0.1) is 28.9 Å². The Morgan fingerprint density at radius 3 is 2.61 bits per heavy atom. The second-order valence-corrected chi connectivity index (χ2v) is 7.41. The molecule has 2 aromatic carbocycles. The summed E-state index contributed by atoms with van der Waals surface area (Å²) in [6, 6.07) is 6.40. The number of hydrogen-bond acceptors (Lipinski definition) is 6. The molecule has 0 radical (unpaired) electrons. The van der Waals surface area contributed by atoms with Gasteiger partial charge in [-0.05, 0) is 36.8 Å². The molecule has 2 amide bonds. The predicted octanol–water partition coefficient (Wildman–Crippen LogP) is 0.962. The summed E-state index contributed by atoms with van der Waals surface area (Å²) < 4.78 is 5.68. The Hall–Kier alpha value is -2.94. The van der Waals surface area contributed by atoms with Crippen molar-refractivity contribution in [3.05, 3.63) is 41.0 Å². The highest BCUT2D eigenvalue weighted by atomic mass is 16.5. The third kappa shape index (κ3) is 2.29. The molecule has 1 fully saturated rings. The molecule has 0 spiro atoms. The molecular formula is C20H18N2O6. The number of imide groups is 1. The minimum Gasteiger partial charge on any atom is -0.508 e. The summed E-state index contributed by atoms with van der Waals surface area (Å²) in [6.45, 7) is 1.68. The molecule has 8 nitrogen and oxygen atoms in total. The van der Waals surface area contributed by atoms with Crippen LogP contribution in [-0.2, 0) is 11.2 Å². The van der Waals surface area contributed by atoms with E-state index in [0.717, 1.165) is 0 Å². The highest BCUT2D eigenvalue weighted by molar-refractivity contribution is 6.30. The summed E-state index contributed by atoms with van der Waals surface area (Å²) in [5, 5.41) is 33.6. The number of aliphatic hydroxyl groups is 2. The van der Waals surface area contributed by atoms with E-state index in [1.807, 2.05) is 0 Å². The Morgan fingerprint density at radius 1 is 1.11 bits per heavy atom. The average molecular weight is 382 g/mol. The number of aromatic nitrogens is 1. The first kappa shape index (κ1) is 17.2. The molecule has 0 bridgehead atoms. The maximum Gasteiger partial charge on any atom is 0.259 e. The van der Waals surface area contributed by atoms with Crippen molar-refractivity contribution in [2.45, 2.75) is 37.8 Å². The van der Waals surface area contributed by atoms with E-state index < -0.39 is 36.2 Å². The fourth-order valence-electron chi connectivity index (χ4n) is 4.26. The standard InChI is InChI=1S/C20H18N2O6/c1-7-17(24)18(25)13(28-7)5-8-4-11-15(20(27)22-19(11)26)14-10-6-9(23)2-3-12(10)21-16(8)14/h2-4,6-7,13,17-18,21,23-25H,5H2,1H3,(H,22,26,27)/t7-,13+,17-,18+/m1/s1. The van der Waals surface area contributed by atoms with Gasteiger partial charge in [-0.2, -0.15) is 0 Å². The number of aliphatic hydroxyl groups excluding tert-OH is 2. The molecule has 4 atom stereocenters. The van der Waals surface area contributed by atoms with Crippen LogP contribution in [0.1, 0.15) is 33.2 Å². The van der Waals surface area contributed by atoms with Gasteiger partial charge in [0, 0.05) is 22.7 Å². The number of carbonyl (C=O) groups excluding carboxylic acids is 2. The number of hydrogen-bond donors (Lipinski definition) is 5. The van der Waals surface area contributed by atoms with E-state index in [1.54, 1.807) is 25.1 Å². The molecular weight excluding hydrogens is 364 g/mol. The first-order chi connectivity index (χ1) is 13.3. The number of aromatic hydroxyl groups is 1. The van der Waals surface area contributed by atoms with Crippen LogP contribution in [0, 0.1) is 0 Å². The molecule has 1 saturated heterocycles. The molecule has 3 aromatic rings. The molecule has 1 aromatic heterocycles. The number of aromatic amines is 1. The Morgan fingerprint density at radius 2 is 1.89 bits per heavy atom. The zero-order valence-electron chi connectivity index (χ0n) is 14.9. The van der Waals surface area contributed by atoms with Crippen molar-refractivity contribution in [1.82, 2.24) is 10.3 Å². The smallest absolute Gasteiger partial charge is 0.259 e. The highest BCUT2D eigenvalue weighted by Crippen LogP contribution is 2.37. The van der Waals surface area contributed by atoms with Gasteiger partial charge >= 0.3 is 0 Å². The maximum absolute atomic E-state index is 12.4. The lowest BCUT2D eigenvalue weighted by Gasteiger charge is -2.16. The number of phenolic OH excluding ortho intramolecular Hbond substituents is 1. The van der Waals surface area contributed by atoms with E-state index >= 15 is 0 Å². The fraction of sp³-hybridized carbons (Fsp3) is 0.300. The SMILES string of the molecule is C[C@H]1O[C@@H](Cc2cc3c(c4c2[nH]c2ccc(O)cc24)C(=O)NC3=O)[C@H](O)[C@@H]1O. The number of fused-ring (bicyclic) bond motifs is 5. The van der Waals surface area contributed by atoms with Crippen molar-refractivity contribution in [3.8, 4) is 5.75 Å². The van der Waals surface area contributed by atoms with Gasteiger partial charge in [0.25, 0.3) is 11.8 Å². The van der Waals surface area contributed by atoms with Crippen LogP contribution >= 0.6 is 0 Å². The van der Waals surface area contributed by atoms with Gasteiger partial charge in [-0.1, -0.05) is 0 Å². The number of rotatable bonds is 2. The van der Waals surface area contributed by atoms with Crippen LogP contribution in [0.2, 0.25) is 0 Å². The van der Waals surface area contributed by atoms with E-state index in [4.69, 9.17) is 4.74 Å². The third-order valence-electron chi connectivity index (χ3n) is 5.66. The molecule has 2 aliphatic heterocycles. The monoisotopic (exact) mass is 382 g/mol. The molecule has 28 heavy (non-hydrogen) atoms. The zero-order chi connectivity index (χ0) is 19.7. The number of ether oxygens (including phenoxy) is 1. The summed E-state index contributed by atoms with van der Waals surface area (Å²) in [6.07, 6.45) is -2.95. The number of carbonyl (C=O) groups is 2. The Balaban J connectivity index is 1.75. The van der Waals surface area contributed by atoms with E-state index in [-0.39, 0.29) is 23.3 Å². The minimum atomic E-state index is -1.05. The van der Waals surface area contributed by atoms with Gasteiger partial charge < -0.3 is 25.0 Å². The van der Waals surface area contributed by atoms with E-state index in [0.29, 0.717) is 27.4 Å². The van der Waals surface area contributed by atoms with Gasteiger partial charge in [-0.15, -0.1) is 0 Å². The topological polar surface area (TPSA) is 132 Å². The normalized spacial score (nSPS) is 27.0. The largest absolute Gasteiger partial charge is 0.508 e. The third-order valence-corrected chi connectivity index (χ3v) is 5.66. The summed E-state index contributed by atoms with van der Waals surface area (Å²) in [7, 11) is 0. The number of nitrogens with one attached hydrogen (secondary N) is 2. The van der Waals surface area contributed by atoms with Crippen LogP contribution in [0.25, 0.3) is 21.8 Å². The molecule has 5 N–H and O–H groups in total. The Bertz CT molecular complexity index is 1170. The number of amides is 2.